The average Bonchev–Trinajstić information content (AvgIpc) is 4.09. The summed E-state index contributed by atoms with van der Waals surface area (Å²) in [4.78, 5) is 0. The Kier molecular flexibility index (Phi) is 11.2. The highest BCUT2D eigenvalue weighted by Crippen LogP contribution is 2.35. The van der Waals surface area contributed by atoms with Gasteiger partial charge in [0.15, 0.2) is 0 Å². The number of hydrogen-bond acceptors (Lipinski definition) is 7. The Morgan fingerprint density at radius 1 is 0.627 bits per heavy atom. The number of aliphatic hydroxyl groups is 1. The van der Waals surface area contributed by atoms with Crippen molar-refractivity contribution >= 4 is 11.4 Å². The molecule has 2 heterocycles. The van der Waals surface area contributed by atoms with Gasteiger partial charge in [-0.15, -0.1) is 0 Å². The van der Waals surface area contributed by atoms with E-state index in [4.69, 9.17) is 9.47 Å². The third kappa shape index (κ3) is 9.21. The molecule has 0 amide bonds. The van der Waals surface area contributed by atoms with Crippen LogP contribution in [0.3, 0.4) is 0 Å². The number of hydrogen-bond donors (Lipinski definition) is 5. The first kappa shape index (κ1) is 37.1. The Balaban J connectivity index is 1.02. The van der Waals surface area contributed by atoms with E-state index in [0.717, 1.165) is 49.7 Å². The second-order valence-corrected chi connectivity index (χ2v) is 15.8. The lowest BCUT2D eigenvalue weighted by Crippen LogP contribution is -2.48. The van der Waals surface area contributed by atoms with Crippen LogP contribution in [0.2, 0.25) is 0 Å². The Morgan fingerprint density at radius 2 is 1.04 bits per heavy atom. The van der Waals surface area contributed by atoms with Crippen molar-refractivity contribution in [3.63, 3.8) is 0 Å². The summed E-state index contributed by atoms with van der Waals surface area (Å²) in [5.74, 6) is 0. The van der Waals surface area contributed by atoms with Gasteiger partial charge in [0.25, 0.3) is 0 Å². The minimum absolute atomic E-state index is 0.141. The van der Waals surface area contributed by atoms with Crippen molar-refractivity contribution in [1.82, 2.24) is 10.6 Å². The van der Waals surface area contributed by atoms with Crippen LogP contribution in [0.5, 0.6) is 0 Å². The lowest BCUT2D eigenvalue weighted by molar-refractivity contribution is 0.104. The van der Waals surface area contributed by atoms with E-state index in [1.54, 1.807) is 0 Å². The Bertz CT molecular complexity index is 1700. The van der Waals surface area contributed by atoms with E-state index in [1.165, 1.54) is 27.8 Å². The molecule has 2 aliphatic heterocycles. The highest BCUT2D eigenvalue weighted by molar-refractivity contribution is 5.50. The predicted molar refractivity (Wildman–Crippen MR) is 210 cm³/mol. The molecular weight excluding hydrogens is 633 g/mol. The number of ether oxygens (including phenoxy) is 2. The molecule has 7 nitrogen and oxygen atoms in total. The standard InChI is InChI=1S/C44H58N4O3/c1-8-44(7,36-15-13-33(14-16-36)43(5,6)35-17-21-37(22-18-35)46-26-40-29-51-40)48-41(49)27-47-38-23-19-34(20-24-38)42(3,4)32-11-9-31(10-12-32)30(2)45-25-39-28-50-39/h9-24,30,39-41,45-49H,8,25-29H2,1-7H3. The summed E-state index contributed by atoms with van der Waals surface area (Å²) >= 11 is 0. The quantitative estimate of drug-likeness (QED) is 0.0537. The van der Waals surface area contributed by atoms with Crippen LogP contribution < -0.4 is 21.3 Å². The maximum atomic E-state index is 11.1. The van der Waals surface area contributed by atoms with E-state index in [-0.39, 0.29) is 16.4 Å². The zero-order valence-electron chi connectivity index (χ0n) is 31.6. The van der Waals surface area contributed by atoms with Gasteiger partial charge >= 0.3 is 0 Å². The summed E-state index contributed by atoms with van der Waals surface area (Å²) in [5, 5.41) is 25.1. The van der Waals surface area contributed by atoms with Crippen molar-refractivity contribution in [2.45, 2.75) is 95.7 Å². The molecule has 4 aromatic carbocycles. The maximum Gasteiger partial charge on any atom is 0.123 e. The van der Waals surface area contributed by atoms with Crippen LogP contribution in [-0.4, -0.2) is 56.4 Å². The fourth-order valence-corrected chi connectivity index (χ4v) is 6.84. The molecule has 6 rings (SSSR count). The van der Waals surface area contributed by atoms with E-state index in [9.17, 15) is 5.11 Å². The number of rotatable bonds is 18. The van der Waals surface area contributed by atoms with E-state index in [2.05, 4.69) is 167 Å². The first-order valence-corrected chi connectivity index (χ1v) is 18.7. The van der Waals surface area contributed by atoms with Crippen LogP contribution in [0.25, 0.3) is 0 Å². The molecule has 2 saturated heterocycles. The second-order valence-electron chi connectivity index (χ2n) is 15.8. The summed E-state index contributed by atoms with van der Waals surface area (Å²) in [6.07, 6.45) is 0.846. The van der Waals surface area contributed by atoms with Gasteiger partial charge in [-0.25, -0.2) is 0 Å². The molecule has 4 aromatic rings. The molecule has 0 aromatic heterocycles. The van der Waals surface area contributed by atoms with Gasteiger partial charge in [0.05, 0.1) is 32.0 Å². The van der Waals surface area contributed by atoms with Crippen molar-refractivity contribution in [3.8, 4) is 0 Å². The number of anilines is 2. The summed E-state index contributed by atoms with van der Waals surface area (Å²) in [7, 11) is 0. The van der Waals surface area contributed by atoms with Crippen LogP contribution in [0, 0.1) is 0 Å². The molecule has 0 radical (unpaired) electrons. The van der Waals surface area contributed by atoms with Crippen molar-refractivity contribution in [2.24, 2.45) is 0 Å². The SMILES string of the molecule is CCC(C)(NC(O)CNc1ccc(C(C)(C)c2ccc(C(C)NCC3CO3)cc2)cc1)c1ccc(C(C)(C)c2ccc(NCC3CO3)cc2)cc1. The van der Waals surface area contributed by atoms with E-state index in [0.29, 0.717) is 24.8 Å². The van der Waals surface area contributed by atoms with Gasteiger partial charge < -0.3 is 30.5 Å². The number of nitrogens with one attached hydrogen (secondary N) is 4. The summed E-state index contributed by atoms with van der Waals surface area (Å²) in [5.41, 5.74) is 8.92. The molecule has 272 valence electrons. The Morgan fingerprint density at radius 3 is 1.51 bits per heavy atom. The number of aliphatic hydroxyl groups excluding tert-OH is 1. The number of epoxide rings is 2. The van der Waals surface area contributed by atoms with Crippen LogP contribution in [0.4, 0.5) is 11.4 Å². The van der Waals surface area contributed by atoms with Gasteiger partial charge in [-0.2, -0.15) is 0 Å². The zero-order valence-corrected chi connectivity index (χ0v) is 31.6. The minimum atomic E-state index is -0.729. The second kappa shape index (κ2) is 15.5. The van der Waals surface area contributed by atoms with Crippen molar-refractivity contribution < 1.29 is 14.6 Å². The molecule has 5 N–H and O–H groups in total. The molecule has 7 heteroatoms. The molecule has 5 atom stereocenters. The molecule has 0 spiro atoms. The van der Waals surface area contributed by atoms with Gasteiger partial charge in [-0.3, -0.25) is 5.32 Å². The Hall–Kier alpha value is -3.72. The maximum absolute atomic E-state index is 11.1. The third-order valence-corrected chi connectivity index (χ3v) is 11.3. The van der Waals surface area contributed by atoms with E-state index < -0.39 is 6.23 Å². The summed E-state index contributed by atoms with van der Waals surface area (Å²) < 4.78 is 10.6. The van der Waals surface area contributed by atoms with Crippen LogP contribution >= 0.6 is 0 Å². The fourth-order valence-electron chi connectivity index (χ4n) is 6.84. The molecule has 5 unspecified atom stereocenters. The lowest BCUT2D eigenvalue weighted by atomic mass is 9.77. The first-order chi connectivity index (χ1) is 24.4. The first-order valence-electron chi connectivity index (χ1n) is 18.7. The van der Waals surface area contributed by atoms with Crippen LogP contribution in [0.1, 0.15) is 94.3 Å². The van der Waals surface area contributed by atoms with Crippen molar-refractivity contribution in [1.29, 1.82) is 0 Å². The topological polar surface area (TPSA) is 93.4 Å². The molecular formula is C44H58N4O3. The van der Waals surface area contributed by atoms with E-state index in [1.807, 2.05) is 0 Å². The normalized spacial score (nSPS) is 19.5. The van der Waals surface area contributed by atoms with Crippen molar-refractivity contribution in [2.75, 3.05) is 43.5 Å². The van der Waals surface area contributed by atoms with Gasteiger partial charge in [0.2, 0.25) is 0 Å². The third-order valence-electron chi connectivity index (χ3n) is 11.3. The largest absolute Gasteiger partial charge is 0.382 e. The summed E-state index contributed by atoms with van der Waals surface area (Å²) in [6.45, 7) is 19.5. The smallest absolute Gasteiger partial charge is 0.123 e. The lowest BCUT2D eigenvalue weighted by Gasteiger charge is -2.34. The van der Waals surface area contributed by atoms with Crippen LogP contribution in [-0.2, 0) is 25.8 Å². The molecule has 0 bridgehead atoms. The average molecular weight is 691 g/mol. The summed E-state index contributed by atoms with van der Waals surface area (Å²) in [6, 6.07) is 35.4. The monoisotopic (exact) mass is 690 g/mol. The molecule has 2 fully saturated rings. The minimum Gasteiger partial charge on any atom is -0.382 e. The molecule has 51 heavy (non-hydrogen) atoms. The predicted octanol–water partition coefficient (Wildman–Crippen LogP) is 7.84. The van der Waals surface area contributed by atoms with Crippen molar-refractivity contribution in [3.05, 3.63) is 130 Å². The highest BCUT2D eigenvalue weighted by Gasteiger charge is 2.30. The Labute approximate surface area is 305 Å². The molecule has 0 saturated carbocycles. The van der Waals surface area contributed by atoms with Gasteiger partial charge in [0.1, 0.15) is 6.23 Å². The number of benzene rings is 4. The van der Waals surface area contributed by atoms with Gasteiger partial charge in [-0.05, 0) is 77.9 Å². The van der Waals surface area contributed by atoms with E-state index >= 15 is 0 Å². The molecule has 2 aliphatic rings. The van der Waals surface area contributed by atoms with Gasteiger partial charge in [0, 0.05) is 46.9 Å². The highest BCUT2D eigenvalue weighted by atomic mass is 16.6. The molecule has 0 aliphatic carbocycles. The fraction of sp³-hybridized carbons (Fsp3) is 0.455. The zero-order chi connectivity index (χ0) is 36.2. The van der Waals surface area contributed by atoms with Crippen LogP contribution in [0.15, 0.2) is 97.1 Å². The van der Waals surface area contributed by atoms with Gasteiger partial charge in [-0.1, -0.05) is 107 Å².